The molecule has 0 atom stereocenters. The smallest absolute Gasteiger partial charge is 0.416 e. The molecule has 35 heteroatoms. The second kappa shape index (κ2) is 33.9. The summed E-state index contributed by atoms with van der Waals surface area (Å²) >= 11 is 0. The second-order valence-electron chi connectivity index (χ2n) is 21.2. The summed E-state index contributed by atoms with van der Waals surface area (Å²) in [7, 11) is 4.33. The van der Waals surface area contributed by atoms with Crippen LogP contribution in [0.25, 0.3) is 0 Å². The first-order valence-corrected chi connectivity index (χ1v) is 30.2. The Labute approximate surface area is 557 Å². The standard InChI is InChI=1S/C33H45O9S.C32H12BF24/c1-34-16-19-37-22-25-40-28-10-4-7-13-31(28)43(32-14-8-5-11-29(32)41-26-23-38-20-17-35-2)33-15-9-6-12-30(33)42-27-24-39-21-18-36-3;34-25(35,36)13-1-14(26(37,38)39)6-21(5-13)33(22-7-15(27(40,41)42)2-16(8-22)28(43,44)45,23-9-17(29(46,47)48)3-18(10-23)30(49,50)51)24-11-19(31(52,53)54)4-20(12-24)32(55,56)57/h4-15H,16-27H2,1-3H3;1-12H/q+1;-1. The van der Waals surface area contributed by atoms with E-state index in [1.165, 1.54) is 0 Å². The van der Waals surface area contributed by atoms with Gasteiger partial charge >= 0.3 is 49.4 Å². The summed E-state index contributed by atoms with van der Waals surface area (Å²) < 4.78 is 392. The van der Waals surface area contributed by atoms with Crippen molar-refractivity contribution in [3.05, 3.63) is 190 Å². The SMILES string of the molecule is COCCOCCOc1ccccc1[S+](c1ccccc1OCCOCCOC)c1ccccc1OCCOCCOC.FC(F)(F)c1cc([B-](c2cc(C(F)(F)F)cc(C(F)(F)F)c2)(c2cc(C(F)(F)F)cc(C(F)(F)F)c2)c2cc(C(F)(F)F)cc(C(F)(F)F)c2)cc(C(F)(F)F)c1. The van der Waals surface area contributed by atoms with Gasteiger partial charge in [0, 0.05) is 21.3 Å². The Morgan fingerprint density at radius 2 is 0.430 bits per heavy atom. The minimum absolute atomic E-state index is 0.409. The van der Waals surface area contributed by atoms with Gasteiger partial charge in [-0.25, -0.2) is 0 Å². The molecule has 0 heterocycles. The Kier molecular flexibility index (Phi) is 27.6. The quantitative estimate of drug-likeness (QED) is 0.0206. The molecular formula is C65H57BF24O9S. The monoisotopic (exact) mass is 1480 g/mol. The average molecular weight is 1480 g/mol. The zero-order valence-electron chi connectivity index (χ0n) is 52.1. The summed E-state index contributed by atoms with van der Waals surface area (Å²) in [6.45, 7) is 5.78. The molecule has 548 valence electrons. The molecule has 0 aromatic heterocycles. The summed E-state index contributed by atoms with van der Waals surface area (Å²) in [4.78, 5) is 3.04. The Morgan fingerprint density at radius 3 is 0.610 bits per heavy atom. The van der Waals surface area contributed by atoms with Crippen LogP contribution in [0.15, 0.2) is 160 Å². The lowest BCUT2D eigenvalue weighted by atomic mass is 9.12. The summed E-state index contributed by atoms with van der Waals surface area (Å²) in [5.41, 5.74) is -30.2. The second-order valence-corrected chi connectivity index (χ2v) is 23.2. The third-order valence-electron chi connectivity index (χ3n) is 14.4. The summed E-state index contributed by atoms with van der Waals surface area (Å²) in [6, 6.07) is 15.5. The molecule has 0 aliphatic heterocycles. The van der Waals surface area contributed by atoms with Crippen molar-refractivity contribution in [2.75, 3.05) is 101 Å². The topological polar surface area (TPSA) is 83.1 Å². The first-order chi connectivity index (χ1) is 46.6. The highest BCUT2D eigenvalue weighted by Gasteiger charge is 2.48. The molecular weight excluding hydrogens is 1420 g/mol. The lowest BCUT2D eigenvalue weighted by molar-refractivity contribution is -0.144. The lowest BCUT2D eigenvalue weighted by Crippen LogP contribution is -2.75. The minimum atomic E-state index is -6.13. The molecule has 9 nitrogen and oxygen atoms in total. The van der Waals surface area contributed by atoms with Crippen LogP contribution in [-0.2, 0) is 88.7 Å². The normalized spacial score (nSPS) is 13.0. The first-order valence-electron chi connectivity index (χ1n) is 29.0. The van der Waals surface area contributed by atoms with Crippen molar-refractivity contribution < 1.29 is 148 Å². The molecule has 0 amide bonds. The molecule has 0 bridgehead atoms. The third-order valence-corrected chi connectivity index (χ3v) is 16.7. The molecule has 0 unspecified atom stereocenters. The fourth-order valence-corrected chi connectivity index (χ4v) is 12.3. The fourth-order valence-electron chi connectivity index (χ4n) is 10.0. The van der Waals surface area contributed by atoms with Crippen molar-refractivity contribution in [2.24, 2.45) is 0 Å². The molecule has 0 aliphatic carbocycles. The van der Waals surface area contributed by atoms with E-state index in [1.54, 1.807) is 21.3 Å². The molecule has 0 fully saturated rings. The van der Waals surface area contributed by atoms with Crippen molar-refractivity contribution >= 4 is 38.9 Å². The summed E-state index contributed by atoms with van der Waals surface area (Å²) in [6.07, 6.45) is -54.8. The predicted molar refractivity (Wildman–Crippen MR) is 316 cm³/mol. The van der Waals surface area contributed by atoms with E-state index in [9.17, 15) is 105 Å². The van der Waals surface area contributed by atoms with Gasteiger partial charge in [-0.1, -0.05) is 84.9 Å². The van der Waals surface area contributed by atoms with Gasteiger partial charge in [0.05, 0.1) is 104 Å². The fraction of sp³-hybridized carbons (Fsp3) is 0.354. The number of rotatable bonds is 28. The van der Waals surface area contributed by atoms with Gasteiger partial charge in [-0.15, -0.1) is 0 Å². The molecule has 0 N–H and O–H groups in total. The number of hydrogen-bond acceptors (Lipinski definition) is 9. The van der Waals surface area contributed by atoms with E-state index in [2.05, 4.69) is 18.2 Å². The Morgan fingerprint density at radius 1 is 0.250 bits per heavy atom. The maximum atomic E-state index is 14.2. The molecule has 0 saturated carbocycles. The summed E-state index contributed by atoms with van der Waals surface area (Å²) in [5, 5.41) is 0. The third kappa shape index (κ3) is 22.0. The van der Waals surface area contributed by atoms with Crippen molar-refractivity contribution in [3.63, 3.8) is 0 Å². The van der Waals surface area contributed by atoms with E-state index >= 15 is 0 Å². The molecule has 7 rings (SSSR count). The molecule has 0 aliphatic rings. The van der Waals surface area contributed by atoms with Crippen LogP contribution in [0.4, 0.5) is 105 Å². The number of hydrogen-bond donors (Lipinski definition) is 0. The largest absolute Gasteiger partial charge is 0.486 e. The van der Waals surface area contributed by atoms with Crippen LogP contribution in [-0.4, -0.2) is 107 Å². The molecule has 0 radical (unpaired) electrons. The first kappa shape index (κ1) is 81.4. The van der Waals surface area contributed by atoms with E-state index in [0.717, 1.165) is 31.9 Å². The van der Waals surface area contributed by atoms with Gasteiger partial charge in [0.15, 0.2) is 17.2 Å². The van der Waals surface area contributed by atoms with Gasteiger partial charge in [-0.3, -0.25) is 0 Å². The van der Waals surface area contributed by atoms with Gasteiger partial charge in [0.25, 0.3) is 0 Å². The summed E-state index contributed by atoms with van der Waals surface area (Å²) in [5.74, 6) is 2.32. The van der Waals surface area contributed by atoms with E-state index in [1.807, 2.05) is 54.6 Å². The Balaban J connectivity index is 0.000000328. The number of halogens is 24. The molecule has 0 saturated heterocycles. The van der Waals surface area contributed by atoms with Gasteiger partial charge < -0.3 is 42.6 Å². The number of para-hydroxylation sites is 3. The van der Waals surface area contributed by atoms with Gasteiger partial charge in [-0.05, 0) is 60.7 Å². The van der Waals surface area contributed by atoms with Gasteiger partial charge in [-0.2, -0.15) is 127 Å². The predicted octanol–water partition coefficient (Wildman–Crippen LogP) is 16.1. The van der Waals surface area contributed by atoms with E-state index in [4.69, 9.17) is 42.6 Å². The number of benzene rings is 7. The van der Waals surface area contributed by atoms with Gasteiger partial charge in [0.2, 0.25) is 14.7 Å². The van der Waals surface area contributed by atoms with Crippen LogP contribution >= 0.6 is 0 Å². The number of methoxy groups -OCH3 is 3. The Hall–Kier alpha value is -7.57. The van der Waals surface area contributed by atoms with Crippen molar-refractivity contribution in [2.45, 2.75) is 64.1 Å². The number of alkyl halides is 24. The maximum absolute atomic E-state index is 14.2. The zero-order chi connectivity index (χ0) is 74.3. The highest BCUT2D eigenvalue weighted by atomic mass is 32.2. The van der Waals surface area contributed by atoms with E-state index in [-0.39, 0.29) is 0 Å². The van der Waals surface area contributed by atoms with Crippen LogP contribution in [0.1, 0.15) is 44.5 Å². The van der Waals surface area contributed by atoms with Crippen LogP contribution in [0.2, 0.25) is 0 Å². The average Bonchev–Trinajstić information content (AvgIpc) is 0.708. The van der Waals surface area contributed by atoms with Gasteiger partial charge in [0.1, 0.15) is 36.9 Å². The molecule has 100 heavy (non-hydrogen) atoms. The zero-order valence-corrected chi connectivity index (χ0v) is 52.9. The highest BCUT2D eigenvalue weighted by molar-refractivity contribution is 7.97. The van der Waals surface area contributed by atoms with E-state index < -0.39 is 206 Å². The molecule has 0 spiro atoms. The highest BCUT2D eigenvalue weighted by Crippen LogP contribution is 2.46. The van der Waals surface area contributed by atoms with Crippen LogP contribution in [0.5, 0.6) is 17.2 Å². The van der Waals surface area contributed by atoms with Crippen molar-refractivity contribution in [1.82, 2.24) is 0 Å². The maximum Gasteiger partial charge on any atom is 0.416 e. The van der Waals surface area contributed by atoms with Crippen LogP contribution < -0.4 is 36.1 Å². The molecule has 7 aromatic rings. The van der Waals surface area contributed by atoms with Crippen molar-refractivity contribution in [1.29, 1.82) is 0 Å². The van der Waals surface area contributed by atoms with Crippen molar-refractivity contribution in [3.8, 4) is 17.2 Å². The van der Waals surface area contributed by atoms with Crippen LogP contribution in [0.3, 0.4) is 0 Å². The Bertz CT molecular complexity index is 3200. The van der Waals surface area contributed by atoms with Crippen LogP contribution in [0, 0.1) is 0 Å². The lowest BCUT2D eigenvalue weighted by Gasteiger charge is -2.46. The van der Waals surface area contributed by atoms with E-state index in [0.29, 0.717) is 79.3 Å². The number of ether oxygens (including phenoxy) is 9. The minimum Gasteiger partial charge on any atom is -0.486 e. The molecule has 7 aromatic carbocycles.